The fourth-order valence-corrected chi connectivity index (χ4v) is 4.93. The summed E-state index contributed by atoms with van der Waals surface area (Å²) in [6.45, 7) is 6.19. The number of hydrogen-bond donors (Lipinski definition) is 2. The average Bonchev–Trinajstić information content (AvgIpc) is 2.87. The monoisotopic (exact) mass is 415 g/mol. The van der Waals surface area contributed by atoms with Crippen LogP contribution in [-0.4, -0.2) is 47.9 Å². The van der Waals surface area contributed by atoms with E-state index in [1.165, 1.54) is 7.11 Å². The summed E-state index contributed by atoms with van der Waals surface area (Å²) >= 11 is 0. The maximum Gasteiger partial charge on any atom is 0.337 e. The summed E-state index contributed by atoms with van der Waals surface area (Å²) < 4.78 is 4.65. The van der Waals surface area contributed by atoms with Crippen molar-refractivity contribution < 1.29 is 23.9 Å². The number of benzene rings is 1. The molecule has 8 nitrogen and oxygen atoms in total. The Morgan fingerprint density at radius 1 is 1.20 bits per heavy atom. The molecule has 1 saturated carbocycles. The maximum atomic E-state index is 13.1. The lowest BCUT2D eigenvalue weighted by atomic mass is 9.64. The maximum absolute atomic E-state index is 13.1. The Morgan fingerprint density at radius 2 is 1.87 bits per heavy atom. The van der Waals surface area contributed by atoms with Crippen molar-refractivity contribution in [1.82, 2.24) is 15.5 Å². The number of urea groups is 1. The van der Waals surface area contributed by atoms with Crippen LogP contribution in [-0.2, 0) is 20.9 Å². The quantitative estimate of drug-likeness (QED) is 0.567. The van der Waals surface area contributed by atoms with Crippen molar-refractivity contribution in [3.05, 3.63) is 35.4 Å². The van der Waals surface area contributed by atoms with Gasteiger partial charge in [0.2, 0.25) is 5.91 Å². The Morgan fingerprint density at radius 3 is 2.47 bits per heavy atom. The minimum atomic E-state index is -0.914. The summed E-state index contributed by atoms with van der Waals surface area (Å²) in [6.07, 6.45) is 2.15. The third-order valence-electron chi connectivity index (χ3n) is 5.79. The molecule has 1 aliphatic heterocycles. The fraction of sp³-hybridized carbons (Fsp3) is 0.545. The first-order chi connectivity index (χ1) is 14.0. The van der Waals surface area contributed by atoms with Gasteiger partial charge >= 0.3 is 12.0 Å². The molecule has 2 N–H and O–H groups in total. The normalized spacial score (nSPS) is 25.2. The van der Waals surface area contributed by atoms with Crippen LogP contribution in [0.3, 0.4) is 0 Å². The zero-order valence-corrected chi connectivity index (χ0v) is 17.9. The topological polar surface area (TPSA) is 105 Å². The number of nitrogens with zero attached hydrogens (tertiary/aromatic N) is 1. The van der Waals surface area contributed by atoms with Crippen LogP contribution in [0.2, 0.25) is 0 Å². The number of carbonyl (C=O) groups is 4. The summed E-state index contributed by atoms with van der Waals surface area (Å²) in [5, 5.41) is 5.59. The van der Waals surface area contributed by atoms with Gasteiger partial charge < -0.3 is 15.4 Å². The highest BCUT2D eigenvalue weighted by molar-refractivity contribution is 6.09. The van der Waals surface area contributed by atoms with Gasteiger partial charge in [-0.2, -0.15) is 0 Å². The zero-order valence-electron chi connectivity index (χ0n) is 17.9. The van der Waals surface area contributed by atoms with E-state index in [0.29, 0.717) is 24.3 Å². The van der Waals surface area contributed by atoms with Crippen LogP contribution < -0.4 is 10.6 Å². The first-order valence-corrected chi connectivity index (χ1v) is 10.1. The molecule has 1 spiro atoms. The van der Waals surface area contributed by atoms with Gasteiger partial charge in [0.25, 0.3) is 5.91 Å². The van der Waals surface area contributed by atoms with Gasteiger partial charge in [-0.05, 0) is 48.3 Å². The van der Waals surface area contributed by atoms with Crippen molar-refractivity contribution in [2.45, 2.75) is 52.1 Å². The number of ether oxygens (including phenoxy) is 1. The van der Waals surface area contributed by atoms with E-state index in [2.05, 4.69) is 36.1 Å². The van der Waals surface area contributed by atoms with Gasteiger partial charge in [-0.15, -0.1) is 0 Å². The zero-order chi connectivity index (χ0) is 22.1. The molecule has 162 valence electrons. The van der Waals surface area contributed by atoms with E-state index >= 15 is 0 Å². The molecule has 1 heterocycles. The van der Waals surface area contributed by atoms with E-state index in [1.54, 1.807) is 24.3 Å². The van der Waals surface area contributed by atoms with Crippen molar-refractivity contribution in [3.8, 4) is 0 Å². The number of methoxy groups -OCH3 is 1. The van der Waals surface area contributed by atoms with Crippen LogP contribution in [0.1, 0.15) is 56.0 Å². The number of carbonyl (C=O) groups excluding carboxylic acids is 4. The highest BCUT2D eigenvalue weighted by Crippen LogP contribution is 2.46. The van der Waals surface area contributed by atoms with E-state index < -0.39 is 23.4 Å². The Balaban J connectivity index is 1.59. The molecule has 0 aromatic heterocycles. The van der Waals surface area contributed by atoms with Crippen LogP contribution in [0.4, 0.5) is 4.79 Å². The second-order valence-corrected chi connectivity index (χ2v) is 9.22. The third-order valence-corrected chi connectivity index (χ3v) is 5.79. The Hall–Kier alpha value is -2.90. The molecule has 3 rings (SSSR count). The van der Waals surface area contributed by atoms with Crippen LogP contribution >= 0.6 is 0 Å². The molecular weight excluding hydrogens is 386 g/mol. The number of amides is 4. The van der Waals surface area contributed by atoms with Gasteiger partial charge in [0, 0.05) is 6.54 Å². The van der Waals surface area contributed by atoms with Gasteiger partial charge in [0.05, 0.1) is 12.7 Å². The number of imide groups is 1. The SMILES string of the molecule is COC(=O)c1ccc(CNC(=O)CN2C(=O)NC3(CC(C)CC(C)(C)C3)C2=O)cc1. The molecule has 2 fully saturated rings. The van der Waals surface area contributed by atoms with Gasteiger partial charge in [0.1, 0.15) is 12.1 Å². The molecule has 1 aromatic carbocycles. The Labute approximate surface area is 176 Å². The Bertz CT molecular complexity index is 864. The van der Waals surface area contributed by atoms with Crippen LogP contribution in [0.25, 0.3) is 0 Å². The van der Waals surface area contributed by atoms with E-state index in [-0.39, 0.29) is 24.4 Å². The molecule has 2 unspecified atom stereocenters. The van der Waals surface area contributed by atoms with Gasteiger partial charge in [-0.25, -0.2) is 9.59 Å². The smallest absolute Gasteiger partial charge is 0.337 e. The predicted octanol–water partition coefficient (Wildman–Crippen LogP) is 2.23. The molecule has 4 amide bonds. The number of rotatable bonds is 5. The summed E-state index contributed by atoms with van der Waals surface area (Å²) in [5.41, 5.74) is 0.228. The molecular formula is C22H29N3O5. The molecule has 0 radical (unpaired) electrons. The average molecular weight is 415 g/mol. The van der Waals surface area contributed by atoms with Crippen molar-refractivity contribution >= 4 is 23.8 Å². The highest BCUT2D eigenvalue weighted by atomic mass is 16.5. The number of nitrogens with one attached hydrogen (secondary N) is 2. The van der Waals surface area contributed by atoms with Crippen LogP contribution in [0, 0.1) is 11.3 Å². The van der Waals surface area contributed by atoms with Gasteiger partial charge in [-0.1, -0.05) is 32.9 Å². The fourth-order valence-electron chi connectivity index (χ4n) is 4.93. The summed E-state index contributed by atoms with van der Waals surface area (Å²) in [4.78, 5) is 50.4. The van der Waals surface area contributed by atoms with Crippen molar-refractivity contribution in [2.75, 3.05) is 13.7 Å². The molecule has 1 saturated heterocycles. The van der Waals surface area contributed by atoms with Crippen LogP contribution in [0.5, 0.6) is 0 Å². The highest BCUT2D eigenvalue weighted by Gasteiger charge is 2.56. The van der Waals surface area contributed by atoms with Crippen LogP contribution in [0.15, 0.2) is 24.3 Å². The van der Waals surface area contributed by atoms with E-state index in [0.717, 1.165) is 16.9 Å². The lowest BCUT2D eigenvalue weighted by molar-refractivity contribution is -0.137. The van der Waals surface area contributed by atoms with E-state index in [9.17, 15) is 19.2 Å². The summed E-state index contributed by atoms with van der Waals surface area (Å²) in [6, 6.07) is 6.13. The standard InChI is InChI=1S/C22H29N3O5/c1-14-9-21(2,3)13-22(10-14)19(28)25(20(29)24-22)12-17(26)23-11-15-5-7-16(8-6-15)18(27)30-4/h5-8,14H,9-13H2,1-4H3,(H,23,26)(H,24,29). The molecule has 2 aliphatic rings. The minimum absolute atomic E-state index is 0.0603. The largest absolute Gasteiger partial charge is 0.465 e. The summed E-state index contributed by atoms with van der Waals surface area (Å²) in [5.74, 6) is -0.863. The number of esters is 1. The summed E-state index contributed by atoms with van der Waals surface area (Å²) in [7, 11) is 1.31. The third kappa shape index (κ3) is 4.47. The first kappa shape index (κ1) is 21.8. The van der Waals surface area contributed by atoms with Gasteiger partial charge in [0.15, 0.2) is 0 Å². The lowest BCUT2D eigenvalue weighted by Gasteiger charge is -2.43. The van der Waals surface area contributed by atoms with Crippen molar-refractivity contribution in [1.29, 1.82) is 0 Å². The van der Waals surface area contributed by atoms with Crippen molar-refractivity contribution in [2.24, 2.45) is 11.3 Å². The van der Waals surface area contributed by atoms with E-state index in [4.69, 9.17) is 0 Å². The number of hydrogen-bond acceptors (Lipinski definition) is 5. The molecule has 0 bridgehead atoms. The second kappa shape index (κ2) is 8.08. The lowest BCUT2D eigenvalue weighted by Crippen LogP contribution is -2.54. The first-order valence-electron chi connectivity index (χ1n) is 10.1. The molecule has 2 atom stereocenters. The second-order valence-electron chi connectivity index (χ2n) is 9.22. The molecule has 8 heteroatoms. The van der Waals surface area contributed by atoms with E-state index in [1.807, 2.05) is 0 Å². The predicted molar refractivity (Wildman–Crippen MR) is 109 cm³/mol. The molecule has 1 aromatic rings. The molecule has 1 aliphatic carbocycles. The Kier molecular flexibility index (Phi) is 5.87. The minimum Gasteiger partial charge on any atom is -0.465 e. The van der Waals surface area contributed by atoms with Gasteiger partial charge in [-0.3, -0.25) is 14.5 Å². The molecule has 30 heavy (non-hydrogen) atoms. The van der Waals surface area contributed by atoms with Crippen molar-refractivity contribution in [3.63, 3.8) is 0 Å².